The molecule has 1 aliphatic rings. The van der Waals surface area contributed by atoms with Gasteiger partial charge in [-0.05, 0) is 55.2 Å². The summed E-state index contributed by atoms with van der Waals surface area (Å²) in [5.41, 5.74) is 0. The van der Waals surface area contributed by atoms with E-state index in [1.54, 1.807) is 42.6 Å². The minimum atomic E-state index is -3.50. The summed E-state index contributed by atoms with van der Waals surface area (Å²) in [6.45, 7) is 1.29. The summed E-state index contributed by atoms with van der Waals surface area (Å²) in [7, 11) is -3.50. The number of aromatic nitrogens is 1. The predicted octanol–water partition coefficient (Wildman–Crippen LogP) is 2.33. The average Bonchev–Trinajstić information content (AvgIpc) is 2.73. The van der Waals surface area contributed by atoms with Crippen LogP contribution >= 0.6 is 11.6 Å². The number of benzene rings is 1. The minimum Gasteiger partial charge on any atom is -0.484 e. The number of carbonyl (C=O) groups is 1. The number of amides is 1. The molecule has 150 valence electrons. The molecule has 0 atom stereocenters. The van der Waals surface area contributed by atoms with Gasteiger partial charge in [0.15, 0.2) is 6.61 Å². The van der Waals surface area contributed by atoms with Gasteiger partial charge in [-0.3, -0.25) is 9.78 Å². The lowest BCUT2D eigenvalue weighted by molar-refractivity contribution is -0.123. The number of carbonyl (C=O) groups excluding carboxylic acids is 1. The van der Waals surface area contributed by atoms with E-state index in [1.807, 2.05) is 0 Å². The highest BCUT2D eigenvalue weighted by atomic mass is 35.5. The van der Waals surface area contributed by atoms with E-state index in [0.717, 1.165) is 0 Å². The highest BCUT2D eigenvalue weighted by molar-refractivity contribution is 7.89. The molecular formula is C19H22ClN3O4S. The molecule has 1 saturated heterocycles. The van der Waals surface area contributed by atoms with E-state index in [9.17, 15) is 13.2 Å². The van der Waals surface area contributed by atoms with Crippen LogP contribution in [0.3, 0.4) is 0 Å². The second-order valence-electron chi connectivity index (χ2n) is 6.58. The zero-order valence-electron chi connectivity index (χ0n) is 15.3. The molecule has 7 nitrogen and oxygen atoms in total. The minimum absolute atomic E-state index is 0.0735. The molecule has 28 heavy (non-hydrogen) atoms. The largest absolute Gasteiger partial charge is 0.484 e. The summed E-state index contributed by atoms with van der Waals surface area (Å²) in [6, 6.07) is 9.96. The first-order chi connectivity index (χ1) is 13.4. The summed E-state index contributed by atoms with van der Waals surface area (Å²) in [5, 5.41) is 3.46. The van der Waals surface area contributed by atoms with E-state index in [-0.39, 0.29) is 23.3 Å². The molecular weight excluding hydrogens is 402 g/mol. The van der Waals surface area contributed by atoms with Crippen LogP contribution in [0.15, 0.2) is 53.7 Å². The first-order valence-electron chi connectivity index (χ1n) is 9.00. The third-order valence-electron chi connectivity index (χ3n) is 4.62. The predicted molar refractivity (Wildman–Crippen MR) is 106 cm³/mol. The van der Waals surface area contributed by atoms with E-state index in [4.69, 9.17) is 16.3 Å². The maximum absolute atomic E-state index is 12.6. The maximum atomic E-state index is 12.6. The van der Waals surface area contributed by atoms with Gasteiger partial charge in [-0.1, -0.05) is 11.6 Å². The summed E-state index contributed by atoms with van der Waals surface area (Å²) in [4.78, 5) is 16.0. The lowest BCUT2D eigenvalue weighted by Crippen LogP contribution is -2.42. The lowest BCUT2D eigenvalue weighted by atomic mass is 9.98. The van der Waals surface area contributed by atoms with E-state index < -0.39 is 10.0 Å². The van der Waals surface area contributed by atoms with Crippen molar-refractivity contribution < 1.29 is 17.9 Å². The van der Waals surface area contributed by atoms with Crippen LogP contribution in [-0.4, -0.2) is 49.9 Å². The van der Waals surface area contributed by atoms with E-state index in [1.165, 1.54) is 10.5 Å². The molecule has 0 aliphatic carbocycles. The molecule has 0 spiro atoms. The number of ether oxygens (including phenoxy) is 1. The van der Waals surface area contributed by atoms with Crippen LogP contribution in [0.2, 0.25) is 5.02 Å². The van der Waals surface area contributed by atoms with Gasteiger partial charge in [0.2, 0.25) is 10.0 Å². The first kappa shape index (κ1) is 20.6. The maximum Gasteiger partial charge on any atom is 0.257 e. The Kier molecular flexibility index (Phi) is 6.88. The molecule has 0 bridgehead atoms. The van der Waals surface area contributed by atoms with Crippen LogP contribution in [0.4, 0.5) is 0 Å². The fourth-order valence-corrected chi connectivity index (χ4v) is 4.55. The molecule has 9 heteroatoms. The van der Waals surface area contributed by atoms with Crippen LogP contribution in [0.5, 0.6) is 5.75 Å². The van der Waals surface area contributed by atoms with Gasteiger partial charge in [-0.15, -0.1) is 0 Å². The molecule has 3 rings (SSSR count). The fourth-order valence-electron chi connectivity index (χ4n) is 2.99. The first-order valence-corrected chi connectivity index (χ1v) is 10.8. The highest BCUT2D eigenvalue weighted by Crippen LogP contribution is 2.23. The van der Waals surface area contributed by atoms with Gasteiger partial charge in [0.1, 0.15) is 10.6 Å². The Morgan fingerprint density at radius 1 is 1.21 bits per heavy atom. The SMILES string of the molecule is O=C(COc1ccc(Cl)cc1)NCC1CCN(S(=O)(=O)c2cccnc2)CC1. The molecule has 1 aromatic heterocycles. The number of piperidine rings is 1. The molecule has 0 unspecified atom stereocenters. The van der Waals surface area contributed by atoms with Gasteiger partial charge in [0.25, 0.3) is 5.91 Å². The standard InChI is InChI=1S/C19H22ClN3O4S/c20-16-3-5-17(6-4-16)27-14-19(24)22-12-15-7-10-23(11-8-15)28(25,26)18-2-1-9-21-13-18/h1-6,9,13,15H,7-8,10-12,14H2,(H,22,24). The number of hydrogen-bond donors (Lipinski definition) is 1. The van der Waals surface area contributed by atoms with Crippen molar-refractivity contribution in [3.63, 3.8) is 0 Å². The smallest absolute Gasteiger partial charge is 0.257 e. The molecule has 1 fully saturated rings. The van der Waals surface area contributed by atoms with Gasteiger partial charge < -0.3 is 10.1 Å². The van der Waals surface area contributed by atoms with Gasteiger partial charge in [-0.25, -0.2) is 8.42 Å². The Bertz CT molecular complexity index is 883. The zero-order valence-corrected chi connectivity index (χ0v) is 16.8. The summed E-state index contributed by atoms with van der Waals surface area (Å²) in [5.74, 6) is 0.605. The molecule has 1 N–H and O–H groups in total. The van der Waals surface area contributed by atoms with Crippen molar-refractivity contribution in [1.29, 1.82) is 0 Å². The van der Waals surface area contributed by atoms with Gasteiger partial charge in [-0.2, -0.15) is 4.31 Å². The lowest BCUT2D eigenvalue weighted by Gasteiger charge is -2.31. The number of halogens is 1. The van der Waals surface area contributed by atoms with Crippen molar-refractivity contribution in [1.82, 2.24) is 14.6 Å². The molecule has 2 heterocycles. The molecule has 1 amide bonds. The van der Waals surface area contributed by atoms with Gasteiger partial charge >= 0.3 is 0 Å². The van der Waals surface area contributed by atoms with Crippen molar-refractivity contribution >= 4 is 27.5 Å². The zero-order chi connectivity index (χ0) is 20.0. The van der Waals surface area contributed by atoms with Crippen molar-refractivity contribution in [2.45, 2.75) is 17.7 Å². The average molecular weight is 424 g/mol. The number of nitrogens with zero attached hydrogens (tertiary/aromatic N) is 2. The number of nitrogens with one attached hydrogen (secondary N) is 1. The number of pyridine rings is 1. The second kappa shape index (κ2) is 9.36. The number of sulfonamides is 1. The molecule has 1 aromatic carbocycles. The normalized spacial score (nSPS) is 15.9. The van der Waals surface area contributed by atoms with Crippen LogP contribution in [0.1, 0.15) is 12.8 Å². The van der Waals surface area contributed by atoms with Gasteiger partial charge in [0.05, 0.1) is 0 Å². The Morgan fingerprint density at radius 3 is 2.57 bits per heavy atom. The molecule has 0 saturated carbocycles. The van der Waals surface area contributed by atoms with E-state index >= 15 is 0 Å². The number of hydrogen-bond acceptors (Lipinski definition) is 5. The topological polar surface area (TPSA) is 88.6 Å². The Morgan fingerprint density at radius 2 is 1.93 bits per heavy atom. The highest BCUT2D eigenvalue weighted by Gasteiger charge is 2.29. The van der Waals surface area contributed by atoms with Crippen LogP contribution < -0.4 is 10.1 Å². The Hall–Kier alpha value is -2.16. The molecule has 0 radical (unpaired) electrons. The molecule has 2 aromatic rings. The summed E-state index contributed by atoms with van der Waals surface area (Å²) < 4.78 is 32.1. The van der Waals surface area contributed by atoms with Crippen LogP contribution in [0.25, 0.3) is 0 Å². The summed E-state index contributed by atoms with van der Waals surface area (Å²) in [6.07, 6.45) is 4.29. The quantitative estimate of drug-likeness (QED) is 0.738. The van der Waals surface area contributed by atoms with Crippen LogP contribution in [-0.2, 0) is 14.8 Å². The van der Waals surface area contributed by atoms with Crippen molar-refractivity contribution in [2.24, 2.45) is 5.92 Å². The Balaban J connectivity index is 1.40. The van der Waals surface area contributed by atoms with Crippen molar-refractivity contribution in [3.05, 3.63) is 53.8 Å². The monoisotopic (exact) mass is 423 g/mol. The summed E-state index contributed by atoms with van der Waals surface area (Å²) >= 11 is 5.80. The second-order valence-corrected chi connectivity index (χ2v) is 8.96. The number of rotatable bonds is 7. The Labute approximate surface area is 169 Å². The fraction of sp³-hybridized carbons (Fsp3) is 0.368. The van der Waals surface area contributed by atoms with E-state index in [2.05, 4.69) is 10.3 Å². The van der Waals surface area contributed by atoms with Crippen LogP contribution in [0, 0.1) is 5.92 Å². The van der Waals surface area contributed by atoms with Gasteiger partial charge in [0, 0.05) is 37.1 Å². The molecule has 1 aliphatic heterocycles. The third kappa shape index (κ3) is 5.43. The van der Waals surface area contributed by atoms with Crippen molar-refractivity contribution in [3.8, 4) is 5.75 Å². The third-order valence-corrected chi connectivity index (χ3v) is 6.75. The van der Waals surface area contributed by atoms with Crippen molar-refractivity contribution in [2.75, 3.05) is 26.2 Å². The van der Waals surface area contributed by atoms with E-state index in [0.29, 0.717) is 43.2 Å².